The van der Waals surface area contributed by atoms with Gasteiger partial charge in [-0.3, -0.25) is 9.59 Å². The zero-order valence-corrected chi connectivity index (χ0v) is 15.9. The van der Waals surface area contributed by atoms with E-state index in [-0.39, 0.29) is 29.9 Å². The molecule has 1 amide bonds. The number of aromatic nitrogens is 3. The predicted molar refractivity (Wildman–Crippen MR) is 98.7 cm³/mol. The van der Waals surface area contributed by atoms with Crippen molar-refractivity contribution in [3.8, 4) is 5.69 Å². The van der Waals surface area contributed by atoms with Gasteiger partial charge in [-0.15, -0.1) is 5.10 Å². The molecule has 1 saturated carbocycles. The molecule has 0 unspecified atom stereocenters. The fraction of sp³-hybridized carbons (Fsp3) is 0.500. The van der Waals surface area contributed by atoms with Gasteiger partial charge in [0.25, 0.3) is 5.91 Å². The normalized spacial score (nSPS) is 24.0. The minimum absolute atomic E-state index is 0.0209. The number of hydrogen-bond donors (Lipinski definition) is 1. The van der Waals surface area contributed by atoms with Crippen LogP contribution in [0.3, 0.4) is 0 Å². The zero-order chi connectivity index (χ0) is 20.1. The summed E-state index contributed by atoms with van der Waals surface area (Å²) in [6.07, 6.45) is 2.27. The number of carbonyl (C=O) groups excluding carboxylic acids is 1. The largest absolute Gasteiger partial charge is 0.481 e. The molecule has 2 atom stereocenters. The van der Waals surface area contributed by atoms with E-state index in [4.69, 9.17) is 0 Å². The lowest BCUT2D eigenvalue weighted by Crippen LogP contribution is -2.37. The van der Waals surface area contributed by atoms with Crippen LogP contribution < -0.4 is 0 Å². The highest BCUT2D eigenvalue weighted by Crippen LogP contribution is 2.49. The molecule has 8 heteroatoms. The number of fused-ring (bicyclic) bond motifs is 1. The van der Waals surface area contributed by atoms with Gasteiger partial charge < -0.3 is 10.0 Å². The number of rotatable bonds is 4. The molecule has 1 aromatic heterocycles. The highest BCUT2D eigenvalue weighted by molar-refractivity contribution is 5.91. The SMILES string of the molecule is CC(C)c1nc(C(=O)N2C[C@@H]3CCC[C@@]3(C(=O)O)C2)nn1-c1ccccc1F. The van der Waals surface area contributed by atoms with Crippen LogP contribution in [0.25, 0.3) is 5.69 Å². The average Bonchev–Trinajstić information content (AvgIpc) is 3.34. The quantitative estimate of drug-likeness (QED) is 0.873. The molecule has 1 N–H and O–H groups in total. The molecule has 0 bridgehead atoms. The number of nitrogens with zero attached hydrogens (tertiary/aromatic N) is 4. The maximum Gasteiger partial charge on any atom is 0.311 e. The van der Waals surface area contributed by atoms with Gasteiger partial charge in [-0.25, -0.2) is 14.1 Å². The lowest BCUT2D eigenvalue weighted by molar-refractivity contribution is -0.149. The summed E-state index contributed by atoms with van der Waals surface area (Å²) >= 11 is 0. The summed E-state index contributed by atoms with van der Waals surface area (Å²) < 4.78 is 15.6. The second-order valence-electron chi connectivity index (χ2n) is 8.05. The number of carboxylic acids is 1. The third kappa shape index (κ3) is 2.78. The number of benzene rings is 1. The summed E-state index contributed by atoms with van der Waals surface area (Å²) in [6, 6.07) is 6.21. The lowest BCUT2D eigenvalue weighted by Gasteiger charge is -2.22. The molecule has 2 aliphatic rings. The molecule has 2 aromatic rings. The van der Waals surface area contributed by atoms with Crippen molar-refractivity contribution in [1.82, 2.24) is 19.7 Å². The Morgan fingerprint density at radius 3 is 2.71 bits per heavy atom. The highest BCUT2D eigenvalue weighted by atomic mass is 19.1. The Labute approximate surface area is 162 Å². The molecule has 1 aliphatic carbocycles. The van der Waals surface area contributed by atoms with Crippen molar-refractivity contribution >= 4 is 11.9 Å². The van der Waals surface area contributed by atoms with Crippen LogP contribution in [0.4, 0.5) is 4.39 Å². The number of para-hydroxylation sites is 1. The monoisotopic (exact) mass is 386 g/mol. The fourth-order valence-corrected chi connectivity index (χ4v) is 4.52. The Kier molecular flexibility index (Phi) is 4.44. The summed E-state index contributed by atoms with van der Waals surface area (Å²) in [4.78, 5) is 30.8. The lowest BCUT2D eigenvalue weighted by atomic mass is 9.81. The minimum atomic E-state index is -0.857. The van der Waals surface area contributed by atoms with Crippen LogP contribution in [-0.4, -0.2) is 49.7 Å². The van der Waals surface area contributed by atoms with Gasteiger partial charge in [-0.05, 0) is 30.9 Å². The fourth-order valence-electron chi connectivity index (χ4n) is 4.52. The second-order valence-corrected chi connectivity index (χ2v) is 8.05. The maximum atomic E-state index is 14.3. The van der Waals surface area contributed by atoms with Crippen LogP contribution in [0, 0.1) is 17.2 Å². The smallest absolute Gasteiger partial charge is 0.311 e. The van der Waals surface area contributed by atoms with Crippen LogP contribution in [0.15, 0.2) is 24.3 Å². The molecular weight excluding hydrogens is 363 g/mol. The number of carbonyl (C=O) groups is 2. The minimum Gasteiger partial charge on any atom is -0.481 e. The van der Waals surface area contributed by atoms with Crippen molar-refractivity contribution in [2.45, 2.75) is 39.0 Å². The van der Waals surface area contributed by atoms with Gasteiger partial charge >= 0.3 is 5.97 Å². The predicted octanol–water partition coefficient (Wildman–Crippen LogP) is 2.86. The number of hydrogen-bond acceptors (Lipinski definition) is 4. The summed E-state index contributed by atoms with van der Waals surface area (Å²) in [5.74, 6) is -1.32. The molecule has 148 valence electrons. The van der Waals surface area contributed by atoms with Gasteiger partial charge in [0.1, 0.15) is 17.3 Å². The van der Waals surface area contributed by atoms with E-state index in [2.05, 4.69) is 10.1 Å². The van der Waals surface area contributed by atoms with Crippen molar-refractivity contribution in [2.24, 2.45) is 11.3 Å². The van der Waals surface area contributed by atoms with E-state index in [1.807, 2.05) is 13.8 Å². The summed E-state index contributed by atoms with van der Waals surface area (Å²) in [7, 11) is 0. The first kappa shape index (κ1) is 18.6. The number of carboxylic acid groups (broad SMARTS) is 1. The van der Waals surface area contributed by atoms with Crippen LogP contribution in [0.1, 0.15) is 55.5 Å². The molecule has 2 heterocycles. The van der Waals surface area contributed by atoms with Gasteiger partial charge in [-0.1, -0.05) is 32.4 Å². The number of amides is 1. The van der Waals surface area contributed by atoms with Gasteiger partial charge in [-0.2, -0.15) is 0 Å². The summed E-state index contributed by atoms with van der Waals surface area (Å²) in [6.45, 7) is 4.37. The summed E-state index contributed by atoms with van der Waals surface area (Å²) in [5, 5.41) is 14.0. The van der Waals surface area contributed by atoms with Crippen LogP contribution in [0.2, 0.25) is 0 Å². The van der Waals surface area contributed by atoms with E-state index < -0.39 is 23.1 Å². The first-order valence-corrected chi connectivity index (χ1v) is 9.58. The Morgan fingerprint density at radius 2 is 2.07 bits per heavy atom. The van der Waals surface area contributed by atoms with E-state index in [9.17, 15) is 19.1 Å². The van der Waals surface area contributed by atoms with Gasteiger partial charge in [0, 0.05) is 19.0 Å². The molecule has 28 heavy (non-hydrogen) atoms. The molecule has 1 aliphatic heterocycles. The molecule has 0 spiro atoms. The molecule has 7 nitrogen and oxygen atoms in total. The van der Waals surface area contributed by atoms with E-state index in [1.165, 1.54) is 10.7 Å². The van der Waals surface area contributed by atoms with Crippen LogP contribution >= 0.6 is 0 Å². The topological polar surface area (TPSA) is 88.3 Å². The van der Waals surface area contributed by atoms with E-state index in [0.717, 1.165) is 12.8 Å². The molecule has 4 rings (SSSR count). The number of likely N-dealkylation sites (tertiary alicyclic amines) is 1. The molecular formula is C20H23FN4O3. The Hall–Kier alpha value is -2.77. The summed E-state index contributed by atoms with van der Waals surface area (Å²) in [5.41, 5.74) is -0.622. The molecule has 0 radical (unpaired) electrons. The highest BCUT2D eigenvalue weighted by Gasteiger charge is 2.56. The standard InChI is InChI=1S/C20H23FN4O3/c1-12(2)17-22-16(23-25(17)15-8-4-3-7-14(15)21)18(26)24-10-13-6-5-9-20(13,11-24)19(27)28/h3-4,7-8,12-13H,5-6,9-11H2,1-2H3,(H,27,28)/t13-,20+/m0/s1. The van der Waals surface area contributed by atoms with Gasteiger partial charge in [0.05, 0.1) is 5.41 Å². The van der Waals surface area contributed by atoms with Crippen molar-refractivity contribution < 1.29 is 19.1 Å². The maximum absolute atomic E-state index is 14.3. The van der Waals surface area contributed by atoms with Crippen LogP contribution in [0.5, 0.6) is 0 Å². The first-order valence-electron chi connectivity index (χ1n) is 9.58. The van der Waals surface area contributed by atoms with Gasteiger partial charge in [0.2, 0.25) is 5.82 Å². The molecule has 1 saturated heterocycles. The van der Waals surface area contributed by atoms with Crippen LogP contribution in [-0.2, 0) is 4.79 Å². The molecule has 1 aromatic carbocycles. The van der Waals surface area contributed by atoms with E-state index in [1.54, 1.807) is 23.1 Å². The van der Waals surface area contributed by atoms with Gasteiger partial charge in [0.15, 0.2) is 0 Å². The van der Waals surface area contributed by atoms with Crippen molar-refractivity contribution in [3.63, 3.8) is 0 Å². The van der Waals surface area contributed by atoms with E-state index >= 15 is 0 Å². The third-order valence-corrected chi connectivity index (χ3v) is 6.00. The average molecular weight is 386 g/mol. The van der Waals surface area contributed by atoms with Crippen molar-refractivity contribution in [3.05, 3.63) is 41.7 Å². The molecule has 2 fully saturated rings. The van der Waals surface area contributed by atoms with Crippen molar-refractivity contribution in [2.75, 3.05) is 13.1 Å². The number of halogens is 1. The Bertz CT molecular complexity index is 941. The van der Waals surface area contributed by atoms with Crippen molar-refractivity contribution in [1.29, 1.82) is 0 Å². The number of aliphatic carboxylic acids is 1. The second kappa shape index (κ2) is 6.68. The Morgan fingerprint density at radius 1 is 1.32 bits per heavy atom. The zero-order valence-electron chi connectivity index (χ0n) is 15.9. The van der Waals surface area contributed by atoms with E-state index in [0.29, 0.717) is 18.8 Å². The third-order valence-electron chi connectivity index (χ3n) is 6.00. The first-order chi connectivity index (χ1) is 13.3. The Balaban J connectivity index is 1.67.